The Hall–Kier alpha value is -0.640. The molecular formula is C12H12Cl2N2S. The van der Waals surface area contributed by atoms with E-state index < -0.39 is 0 Å². The minimum Gasteiger partial charge on any atom is -0.232 e. The van der Waals surface area contributed by atoms with Crippen LogP contribution >= 0.6 is 34.5 Å². The molecule has 2 rings (SSSR count). The second kappa shape index (κ2) is 4.56. The van der Waals surface area contributed by atoms with E-state index in [2.05, 4.69) is 30.7 Å². The van der Waals surface area contributed by atoms with Gasteiger partial charge in [0.15, 0.2) is 5.82 Å². The van der Waals surface area contributed by atoms with Crippen molar-refractivity contribution in [2.24, 2.45) is 0 Å². The number of hydrogen-bond acceptors (Lipinski definition) is 3. The maximum atomic E-state index is 6.03. The Morgan fingerprint density at radius 3 is 2.35 bits per heavy atom. The number of halogens is 2. The van der Waals surface area contributed by atoms with Gasteiger partial charge in [-0.3, -0.25) is 0 Å². The molecule has 0 radical (unpaired) electrons. The first-order valence-electron chi connectivity index (χ1n) is 5.17. The zero-order chi connectivity index (χ0) is 12.6. The fourth-order valence-electron chi connectivity index (χ4n) is 1.35. The van der Waals surface area contributed by atoms with Gasteiger partial charge < -0.3 is 0 Å². The van der Waals surface area contributed by atoms with E-state index in [1.807, 2.05) is 12.1 Å². The first-order valence-corrected chi connectivity index (χ1v) is 6.74. The van der Waals surface area contributed by atoms with E-state index in [4.69, 9.17) is 23.2 Å². The zero-order valence-corrected chi connectivity index (χ0v) is 12.1. The summed E-state index contributed by atoms with van der Waals surface area (Å²) in [4.78, 5) is 9.72. The molecule has 0 aromatic carbocycles. The van der Waals surface area contributed by atoms with Crippen LogP contribution in [0.4, 0.5) is 0 Å². The van der Waals surface area contributed by atoms with Crippen LogP contribution in [0.5, 0.6) is 0 Å². The average Bonchev–Trinajstić information content (AvgIpc) is 2.62. The van der Waals surface area contributed by atoms with Crippen LogP contribution < -0.4 is 0 Å². The summed E-state index contributed by atoms with van der Waals surface area (Å²) in [6.07, 6.45) is 0. The summed E-state index contributed by atoms with van der Waals surface area (Å²) < 4.78 is 0.723. The van der Waals surface area contributed by atoms with Crippen LogP contribution in [0.15, 0.2) is 18.2 Å². The van der Waals surface area contributed by atoms with Crippen LogP contribution in [-0.2, 0) is 5.41 Å². The largest absolute Gasteiger partial charge is 0.232 e. The molecule has 2 aromatic heterocycles. The van der Waals surface area contributed by atoms with Crippen molar-refractivity contribution < 1.29 is 0 Å². The van der Waals surface area contributed by atoms with Crippen molar-refractivity contribution in [1.29, 1.82) is 0 Å². The van der Waals surface area contributed by atoms with Crippen molar-refractivity contribution in [3.63, 3.8) is 0 Å². The predicted molar refractivity (Wildman–Crippen MR) is 74.1 cm³/mol. The summed E-state index contributed by atoms with van der Waals surface area (Å²) in [5.74, 6) is 0.638. The summed E-state index contributed by atoms with van der Waals surface area (Å²) in [5.41, 5.74) is 0.875. The Balaban J connectivity index is 2.52. The van der Waals surface area contributed by atoms with Gasteiger partial charge in [0.1, 0.15) is 5.15 Å². The summed E-state index contributed by atoms with van der Waals surface area (Å²) in [6, 6.07) is 5.55. The highest BCUT2D eigenvalue weighted by atomic mass is 35.5. The Morgan fingerprint density at radius 2 is 1.82 bits per heavy atom. The third-order valence-corrected chi connectivity index (χ3v) is 3.68. The number of nitrogens with zero attached hydrogens (tertiary/aromatic N) is 2. The molecule has 0 saturated heterocycles. The lowest BCUT2D eigenvalue weighted by atomic mass is 9.92. The van der Waals surface area contributed by atoms with Crippen LogP contribution in [0, 0.1) is 0 Å². The van der Waals surface area contributed by atoms with Gasteiger partial charge >= 0.3 is 0 Å². The molecule has 0 unspecified atom stereocenters. The molecule has 0 aliphatic carbocycles. The van der Waals surface area contributed by atoms with Crippen LogP contribution in [-0.4, -0.2) is 9.97 Å². The van der Waals surface area contributed by atoms with Gasteiger partial charge in [-0.25, -0.2) is 9.97 Å². The molecule has 0 bridgehead atoms. The summed E-state index contributed by atoms with van der Waals surface area (Å²) >= 11 is 13.4. The number of thiophene rings is 1. The second-order valence-corrected chi connectivity index (χ2v) is 6.86. The first-order chi connectivity index (χ1) is 7.86. The molecule has 0 aliphatic rings. The number of aromatic nitrogens is 2. The van der Waals surface area contributed by atoms with E-state index in [9.17, 15) is 0 Å². The van der Waals surface area contributed by atoms with Crippen LogP contribution in [0.2, 0.25) is 9.49 Å². The van der Waals surface area contributed by atoms with Crippen LogP contribution in [0.3, 0.4) is 0 Å². The van der Waals surface area contributed by atoms with Crippen molar-refractivity contribution in [3.05, 3.63) is 33.4 Å². The van der Waals surface area contributed by atoms with E-state index in [-0.39, 0.29) is 5.41 Å². The van der Waals surface area contributed by atoms with Crippen LogP contribution in [0.25, 0.3) is 10.7 Å². The quantitative estimate of drug-likeness (QED) is 0.703. The highest BCUT2D eigenvalue weighted by Gasteiger charge is 2.18. The van der Waals surface area contributed by atoms with Crippen molar-refractivity contribution >= 4 is 34.5 Å². The molecular weight excluding hydrogens is 275 g/mol. The third-order valence-electron chi connectivity index (χ3n) is 2.26. The van der Waals surface area contributed by atoms with Crippen molar-refractivity contribution in [1.82, 2.24) is 9.97 Å². The highest BCUT2D eigenvalue weighted by Crippen LogP contribution is 2.31. The van der Waals surface area contributed by atoms with E-state index in [1.165, 1.54) is 11.3 Å². The van der Waals surface area contributed by atoms with Gasteiger partial charge in [0.2, 0.25) is 0 Å². The van der Waals surface area contributed by atoms with Gasteiger partial charge in [0.05, 0.1) is 14.9 Å². The van der Waals surface area contributed by atoms with E-state index in [0.717, 1.165) is 14.9 Å². The van der Waals surface area contributed by atoms with Gasteiger partial charge in [-0.15, -0.1) is 11.3 Å². The van der Waals surface area contributed by atoms with Crippen LogP contribution in [0.1, 0.15) is 26.5 Å². The zero-order valence-electron chi connectivity index (χ0n) is 9.79. The molecule has 0 amide bonds. The standard InChI is InChI=1S/C12H12Cl2N2S/c1-12(2,3)8-6-9(13)16-11(15-8)7-4-5-10(14)17-7/h4-6H,1-3H3. The molecule has 0 atom stereocenters. The fraction of sp³-hybridized carbons (Fsp3) is 0.333. The van der Waals surface area contributed by atoms with Gasteiger partial charge in [0, 0.05) is 5.41 Å². The normalized spacial score (nSPS) is 11.8. The topological polar surface area (TPSA) is 25.8 Å². The lowest BCUT2D eigenvalue weighted by Gasteiger charge is -2.18. The Labute approximate surface area is 115 Å². The minimum atomic E-state index is -0.0532. The maximum absolute atomic E-state index is 6.03. The molecule has 0 aliphatic heterocycles. The molecule has 90 valence electrons. The average molecular weight is 287 g/mol. The Morgan fingerprint density at radius 1 is 1.12 bits per heavy atom. The van der Waals surface area contributed by atoms with Gasteiger partial charge in [-0.1, -0.05) is 44.0 Å². The fourth-order valence-corrected chi connectivity index (χ4v) is 2.51. The van der Waals surface area contributed by atoms with Gasteiger partial charge in [-0.05, 0) is 18.2 Å². The Kier molecular flexibility index (Phi) is 3.43. The lowest BCUT2D eigenvalue weighted by Crippen LogP contribution is -2.14. The number of rotatable bonds is 1. The highest BCUT2D eigenvalue weighted by molar-refractivity contribution is 7.19. The molecule has 0 fully saturated rings. The molecule has 2 nitrogen and oxygen atoms in total. The number of hydrogen-bond donors (Lipinski definition) is 0. The van der Waals surface area contributed by atoms with Crippen molar-refractivity contribution in [2.75, 3.05) is 0 Å². The molecule has 0 N–H and O–H groups in total. The second-order valence-electron chi connectivity index (χ2n) is 4.75. The van der Waals surface area contributed by atoms with Crippen molar-refractivity contribution in [2.45, 2.75) is 26.2 Å². The van der Waals surface area contributed by atoms with E-state index in [1.54, 1.807) is 6.07 Å². The molecule has 2 aromatic rings. The van der Waals surface area contributed by atoms with Crippen molar-refractivity contribution in [3.8, 4) is 10.7 Å². The minimum absolute atomic E-state index is 0.0532. The third kappa shape index (κ3) is 2.97. The monoisotopic (exact) mass is 286 g/mol. The maximum Gasteiger partial charge on any atom is 0.171 e. The van der Waals surface area contributed by atoms with Gasteiger partial charge in [-0.2, -0.15) is 0 Å². The molecule has 0 spiro atoms. The summed E-state index contributed by atoms with van der Waals surface area (Å²) in [5, 5.41) is 0.462. The summed E-state index contributed by atoms with van der Waals surface area (Å²) in [6.45, 7) is 6.28. The lowest BCUT2D eigenvalue weighted by molar-refractivity contribution is 0.568. The SMILES string of the molecule is CC(C)(C)c1cc(Cl)nc(-c2ccc(Cl)s2)n1. The van der Waals surface area contributed by atoms with Gasteiger partial charge in [0.25, 0.3) is 0 Å². The predicted octanol–water partition coefficient (Wildman–Crippen LogP) is 4.81. The molecule has 17 heavy (non-hydrogen) atoms. The van der Waals surface area contributed by atoms with E-state index >= 15 is 0 Å². The Bertz CT molecular complexity index is 544. The van der Waals surface area contributed by atoms with E-state index in [0.29, 0.717) is 11.0 Å². The summed E-state index contributed by atoms with van der Waals surface area (Å²) in [7, 11) is 0. The molecule has 2 heterocycles. The smallest absolute Gasteiger partial charge is 0.171 e. The molecule has 0 saturated carbocycles. The molecule has 5 heteroatoms. The first kappa shape index (κ1) is 12.8.